The lowest BCUT2D eigenvalue weighted by molar-refractivity contribution is -0.140. The van der Waals surface area contributed by atoms with Gasteiger partial charge in [-0.1, -0.05) is 44.7 Å². The molecular weight excluding hydrogens is 580 g/mol. The van der Waals surface area contributed by atoms with Gasteiger partial charge >= 0.3 is 5.91 Å². The highest BCUT2D eigenvalue weighted by Crippen LogP contribution is 2.65. The van der Waals surface area contributed by atoms with Crippen molar-refractivity contribution in [3.8, 4) is 0 Å². The van der Waals surface area contributed by atoms with Crippen LogP contribution in [0.4, 0.5) is 5.69 Å². The fourth-order valence-corrected chi connectivity index (χ4v) is 9.47. The third-order valence-corrected chi connectivity index (χ3v) is 13.0. The lowest BCUT2D eigenvalue weighted by atomic mass is 9.64. The molecule has 3 saturated carbocycles. The maximum atomic E-state index is 14.7. The standard InChI is InChI=1S/C36H48N6O4/c1-22(24-8-6-9-24)38-34(46)36(17-19-41(21-36)23(2)43)26-12-14-27(15-13-26)42(5)29-20-35(29,3)30(25-10-7-11-25)31(33(42)45)39-32(44)28-16-18-37-40(28)4/h12-16,18,22,24-25,29-31H,6-11,17,19-21H2,1-5H3,(H-,38,39,44,46)/p+1/t22?,29?,30?,31-,35?,36?,42?/m0/s1. The Hall–Kier alpha value is -3.53. The Labute approximate surface area is 271 Å². The fraction of sp³-hybridized carbons (Fsp3) is 0.639. The molecule has 2 saturated heterocycles. The Balaban J connectivity index is 1.20. The Morgan fingerprint density at radius 2 is 1.76 bits per heavy atom. The predicted molar refractivity (Wildman–Crippen MR) is 174 cm³/mol. The number of quaternary nitrogens is 1. The fourth-order valence-electron chi connectivity index (χ4n) is 9.47. The van der Waals surface area contributed by atoms with E-state index in [0.717, 1.165) is 43.4 Å². The molecule has 6 unspecified atom stereocenters. The first-order valence-corrected chi connectivity index (χ1v) is 17.3. The summed E-state index contributed by atoms with van der Waals surface area (Å²) in [7, 11) is 3.74. The molecule has 46 heavy (non-hydrogen) atoms. The van der Waals surface area contributed by atoms with E-state index in [-0.39, 0.29) is 51.5 Å². The highest BCUT2D eigenvalue weighted by atomic mass is 16.2. The minimum atomic E-state index is -0.838. The number of likely N-dealkylation sites (tertiary alicyclic amines) is 2. The molecule has 7 rings (SSSR count). The van der Waals surface area contributed by atoms with Crippen LogP contribution in [-0.2, 0) is 26.8 Å². The van der Waals surface area contributed by atoms with E-state index in [1.54, 1.807) is 35.8 Å². The van der Waals surface area contributed by atoms with E-state index >= 15 is 0 Å². The monoisotopic (exact) mass is 629 g/mol. The number of hydrogen-bond donors (Lipinski definition) is 2. The van der Waals surface area contributed by atoms with Crippen molar-refractivity contribution < 1.29 is 19.2 Å². The third-order valence-electron chi connectivity index (χ3n) is 13.0. The largest absolute Gasteiger partial charge is 0.353 e. The summed E-state index contributed by atoms with van der Waals surface area (Å²) in [4.78, 5) is 56.5. The molecule has 0 radical (unpaired) electrons. The lowest BCUT2D eigenvalue weighted by Gasteiger charge is -2.49. The molecular formula is C36H49N6O4+. The molecule has 2 aliphatic heterocycles. The number of aromatic nitrogens is 2. The van der Waals surface area contributed by atoms with Crippen LogP contribution in [0.3, 0.4) is 0 Å². The summed E-state index contributed by atoms with van der Waals surface area (Å²) in [5, 5.41) is 10.7. The van der Waals surface area contributed by atoms with Crippen molar-refractivity contribution in [1.29, 1.82) is 0 Å². The number of amides is 4. The number of carbonyl (C=O) groups excluding carboxylic acids is 4. The second-order valence-electron chi connectivity index (χ2n) is 15.4. The van der Waals surface area contributed by atoms with Crippen LogP contribution >= 0.6 is 0 Å². The molecule has 2 aromatic rings. The van der Waals surface area contributed by atoms with Crippen molar-refractivity contribution >= 4 is 29.3 Å². The molecule has 3 heterocycles. The summed E-state index contributed by atoms with van der Waals surface area (Å²) in [6, 6.07) is 9.33. The van der Waals surface area contributed by atoms with Gasteiger partial charge in [-0.15, -0.1) is 0 Å². The average Bonchev–Trinajstić information content (AvgIpc) is 3.29. The summed E-state index contributed by atoms with van der Waals surface area (Å²) < 4.78 is 1.67. The Kier molecular flexibility index (Phi) is 7.45. The van der Waals surface area contributed by atoms with Crippen molar-refractivity contribution in [2.24, 2.45) is 30.2 Å². The number of nitrogens with one attached hydrogen (secondary N) is 2. The summed E-state index contributed by atoms with van der Waals surface area (Å²) in [6.45, 7) is 6.85. The topological polar surface area (TPSA) is 113 Å². The number of hydrogen-bond acceptors (Lipinski definition) is 5. The number of fused-ring (bicyclic) bond motifs is 1. The van der Waals surface area contributed by atoms with E-state index in [2.05, 4.69) is 29.6 Å². The van der Waals surface area contributed by atoms with Gasteiger partial charge in [0.15, 0.2) is 0 Å². The summed E-state index contributed by atoms with van der Waals surface area (Å²) in [5.74, 6) is 0.739. The number of aryl methyl sites for hydroxylation is 1. The number of rotatable bonds is 8. The quantitative estimate of drug-likeness (QED) is 0.433. The summed E-state index contributed by atoms with van der Waals surface area (Å²) in [6.07, 6.45) is 9.93. The molecule has 5 fully saturated rings. The van der Waals surface area contributed by atoms with Crippen molar-refractivity contribution in [2.75, 3.05) is 20.1 Å². The number of piperidine rings is 1. The molecule has 1 aromatic carbocycles. The second-order valence-corrected chi connectivity index (χ2v) is 15.4. The van der Waals surface area contributed by atoms with E-state index in [9.17, 15) is 19.2 Å². The van der Waals surface area contributed by atoms with Gasteiger partial charge in [0.05, 0.1) is 12.5 Å². The van der Waals surface area contributed by atoms with Crippen LogP contribution in [0.15, 0.2) is 36.5 Å². The van der Waals surface area contributed by atoms with Crippen LogP contribution in [0.1, 0.15) is 88.2 Å². The first kappa shape index (κ1) is 31.1. The van der Waals surface area contributed by atoms with Gasteiger partial charge in [-0.05, 0) is 61.8 Å². The maximum Gasteiger partial charge on any atom is 0.341 e. The zero-order valence-corrected chi connectivity index (χ0v) is 27.9. The molecule has 10 nitrogen and oxygen atoms in total. The first-order chi connectivity index (χ1) is 21.9. The first-order valence-electron chi connectivity index (χ1n) is 17.3. The molecule has 2 N–H and O–H groups in total. The normalized spacial score (nSPS) is 34.7. The molecule has 1 aromatic heterocycles. The highest BCUT2D eigenvalue weighted by molar-refractivity contribution is 6.01. The van der Waals surface area contributed by atoms with Crippen LogP contribution in [0.25, 0.3) is 0 Å². The van der Waals surface area contributed by atoms with Gasteiger partial charge in [0.1, 0.15) is 23.5 Å². The maximum absolute atomic E-state index is 14.7. The molecule has 0 spiro atoms. The minimum Gasteiger partial charge on any atom is -0.353 e. The Morgan fingerprint density at radius 3 is 2.30 bits per heavy atom. The SMILES string of the molecule is CC(=O)N1CCC(C(=O)NC(C)C2CCC2)(c2ccc([N+]3(C)C(=O)[C@@H](NC(=O)c4ccnn4C)C(C4CCC4)C4(C)CC43)cc2)C1. The van der Waals surface area contributed by atoms with Gasteiger partial charge in [-0.25, -0.2) is 9.28 Å². The van der Waals surface area contributed by atoms with Crippen molar-refractivity contribution in [3.05, 3.63) is 47.8 Å². The number of likely N-dealkylation sites (N-methyl/N-ethyl adjacent to an activating group) is 1. The second kappa shape index (κ2) is 11.0. The van der Waals surface area contributed by atoms with Gasteiger partial charge in [-0.3, -0.25) is 19.1 Å². The van der Waals surface area contributed by atoms with E-state index in [4.69, 9.17) is 0 Å². The number of benzene rings is 1. The van der Waals surface area contributed by atoms with Crippen molar-refractivity contribution in [1.82, 2.24) is 29.8 Å². The van der Waals surface area contributed by atoms with Crippen molar-refractivity contribution in [3.63, 3.8) is 0 Å². The Morgan fingerprint density at radius 1 is 1.07 bits per heavy atom. The highest BCUT2D eigenvalue weighted by Gasteiger charge is 2.75. The van der Waals surface area contributed by atoms with E-state index in [1.165, 1.54) is 12.8 Å². The molecule has 0 bridgehead atoms. The van der Waals surface area contributed by atoms with Crippen molar-refractivity contribution in [2.45, 2.75) is 95.7 Å². The smallest absolute Gasteiger partial charge is 0.341 e. The Bertz CT molecular complexity index is 1560. The van der Waals surface area contributed by atoms with Gasteiger partial charge in [0.2, 0.25) is 11.8 Å². The molecule has 7 atom stereocenters. The zero-order valence-electron chi connectivity index (χ0n) is 27.9. The number of nitrogens with zero attached hydrogens (tertiary/aromatic N) is 4. The van der Waals surface area contributed by atoms with Crippen LogP contribution < -0.4 is 15.1 Å². The van der Waals surface area contributed by atoms with E-state index in [0.29, 0.717) is 37.0 Å². The van der Waals surface area contributed by atoms with Gasteiger partial charge < -0.3 is 15.5 Å². The van der Waals surface area contributed by atoms with Crippen LogP contribution in [0.5, 0.6) is 0 Å². The van der Waals surface area contributed by atoms with Crippen LogP contribution in [0, 0.1) is 23.2 Å². The van der Waals surface area contributed by atoms with Gasteiger partial charge in [0, 0.05) is 57.1 Å². The van der Waals surface area contributed by atoms with E-state index in [1.807, 2.05) is 31.3 Å². The molecule has 3 aliphatic carbocycles. The van der Waals surface area contributed by atoms with Crippen LogP contribution in [0.2, 0.25) is 0 Å². The minimum absolute atomic E-state index is 0.0190. The third kappa shape index (κ3) is 4.65. The summed E-state index contributed by atoms with van der Waals surface area (Å²) in [5.41, 5.74) is 1.28. The molecule has 4 amide bonds. The lowest BCUT2D eigenvalue weighted by Crippen LogP contribution is -2.69. The summed E-state index contributed by atoms with van der Waals surface area (Å²) >= 11 is 0. The van der Waals surface area contributed by atoms with E-state index < -0.39 is 11.5 Å². The predicted octanol–water partition coefficient (Wildman–Crippen LogP) is 3.69. The average molecular weight is 630 g/mol. The van der Waals surface area contributed by atoms with Gasteiger partial charge in [0.25, 0.3) is 5.91 Å². The zero-order chi connectivity index (χ0) is 32.6. The van der Waals surface area contributed by atoms with Crippen LogP contribution in [-0.4, -0.2) is 76.6 Å². The molecule has 5 aliphatic rings. The number of carbonyl (C=O) groups is 4. The molecule has 10 heteroatoms. The molecule has 246 valence electrons. The van der Waals surface area contributed by atoms with Gasteiger partial charge in [-0.2, -0.15) is 5.10 Å².